The number of nitrogens with two attached hydrogens (primary N) is 1. The molecule has 0 saturated carbocycles. The third kappa shape index (κ3) is 5.47. The first-order chi connectivity index (χ1) is 17.1. The molecule has 0 amide bonds. The van der Waals surface area contributed by atoms with E-state index in [0.29, 0.717) is 0 Å². The maximum atomic E-state index is 7.04. The van der Waals surface area contributed by atoms with E-state index in [0.717, 1.165) is 36.4 Å². The lowest BCUT2D eigenvalue weighted by molar-refractivity contribution is -0.697. The van der Waals surface area contributed by atoms with Gasteiger partial charge in [-0.1, -0.05) is 75.7 Å². The molecule has 3 nitrogen and oxygen atoms in total. The fourth-order valence-corrected chi connectivity index (χ4v) is 4.67. The molecule has 0 atom stereocenters. The molecule has 35 heavy (non-hydrogen) atoms. The Morgan fingerprint density at radius 3 is 1.80 bits per heavy atom. The molecule has 2 N–H and O–H groups in total. The van der Waals surface area contributed by atoms with E-state index in [1.165, 1.54) is 29.5 Å². The van der Waals surface area contributed by atoms with Gasteiger partial charge >= 0.3 is 0 Å². The van der Waals surface area contributed by atoms with E-state index < -0.39 is 5.54 Å². The number of rotatable bonds is 10. The predicted octanol–water partition coefficient (Wildman–Crippen LogP) is 7.89. The number of unbranched alkanes of at least 4 members (excludes halogenated alkanes) is 1. The summed E-state index contributed by atoms with van der Waals surface area (Å²) in [6.07, 6.45) is 8.51. The SMILES string of the molecule is CCCC[n+]1ccc(-c2ccc(C(N)(CC)CC)c(N(c3ccccc3)c3ccccc3)c2)cc1. The number of benzene rings is 3. The van der Waals surface area contributed by atoms with Crippen molar-refractivity contribution < 1.29 is 4.57 Å². The quantitative estimate of drug-likeness (QED) is 0.242. The fraction of sp³-hybridized carbons (Fsp3) is 0.281. The number of anilines is 3. The van der Waals surface area contributed by atoms with Crippen molar-refractivity contribution >= 4 is 17.1 Å². The largest absolute Gasteiger partial charge is 0.321 e. The topological polar surface area (TPSA) is 33.1 Å². The number of aryl methyl sites for hydroxylation is 1. The fourth-order valence-electron chi connectivity index (χ4n) is 4.67. The van der Waals surface area contributed by atoms with Crippen molar-refractivity contribution in [2.75, 3.05) is 4.90 Å². The van der Waals surface area contributed by atoms with Crippen molar-refractivity contribution in [3.05, 3.63) is 109 Å². The Bertz CT molecular complexity index is 1160. The minimum Gasteiger partial charge on any atom is -0.321 e. The smallest absolute Gasteiger partial charge is 0.169 e. The van der Waals surface area contributed by atoms with Crippen LogP contribution in [0.3, 0.4) is 0 Å². The van der Waals surface area contributed by atoms with Gasteiger partial charge in [0, 0.05) is 35.5 Å². The van der Waals surface area contributed by atoms with Gasteiger partial charge in [0.2, 0.25) is 0 Å². The van der Waals surface area contributed by atoms with E-state index in [2.05, 4.69) is 134 Å². The Hall–Kier alpha value is -3.43. The summed E-state index contributed by atoms with van der Waals surface area (Å²) < 4.78 is 2.27. The van der Waals surface area contributed by atoms with E-state index in [1.54, 1.807) is 0 Å². The molecule has 0 bridgehead atoms. The molecule has 180 valence electrons. The summed E-state index contributed by atoms with van der Waals surface area (Å²) in [6, 6.07) is 32.4. The molecular formula is C32H38N3+. The molecule has 3 aromatic carbocycles. The van der Waals surface area contributed by atoms with Crippen LogP contribution in [0.1, 0.15) is 52.0 Å². The molecule has 1 aromatic heterocycles. The van der Waals surface area contributed by atoms with Crippen molar-refractivity contribution in [3.63, 3.8) is 0 Å². The van der Waals surface area contributed by atoms with Crippen molar-refractivity contribution in [2.24, 2.45) is 5.73 Å². The summed E-state index contributed by atoms with van der Waals surface area (Å²) in [7, 11) is 0. The number of hydrogen-bond donors (Lipinski definition) is 1. The molecule has 0 aliphatic heterocycles. The van der Waals surface area contributed by atoms with Crippen molar-refractivity contribution in [2.45, 2.75) is 58.5 Å². The minimum absolute atomic E-state index is 0.407. The summed E-state index contributed by atoms with van der Waals surface area (Å²) in [5.74, 6) is 0. The Morgan fingerprint density at radius 1 is 0.714 bits per heavy atom. The highest BCUT2D eigenvalue weighted by Gasteiger charge is 2.29. The highest BCUT2D eigenvalue weighted by atomic mass is 15.1. The first-order valence-corrected chi connectivity index (χ1v) is 12.9. The van der Waals surface area contributed by atoms with E-state index in [1.807, 2.05) is 0 Å². The number of aromatic nitrogens is 1. The first-order valence-electron chi connectivity index (χ1n) is 12.9. The highest BCUT2D eigenvalue weighted by Crippen LogP contribution is 2.43. The maximum Gasteiger partial charge on any atom is 0.169 e. The molecule has 3 heteroatoms. The van der Waals surface area contributed by atoms with Crippen LogP contribution in [-0.2, 0) is 12.1 Å². The second-order valence-corrected chi connectivity index (χ2v) is 9.28. The van der Waals surface area contributed by atoms with Crippen LogP contribution in [0.15, 0.2) is 103 Å². The molecule has 0 radical (unpaired) electrons. The van der Waals surface area contributed by atoms with Gasteiger partial charge in [0.15, 0.2) is 12.4 Å². The molecule has 0 aliphatic rings. The van der Waals surface area contributed by atoms with Crippen LogP contribution in [0.25, 0.3) is 11.1 Å². The number of para-hydroxylation sites is 2. The lowest BCUT2D eigenvalue weighted by Gasteiger charge is -2.35. The molecule has 0 unspecified atom stereocenters. The first kappa shape index (κ1) is 24.7. The van der Waals surface area contributed by atoms with Crippen LogP contribution in [0, 0.1) is 0 Å². The monoisotopic (exact) mass is 464 g/mol. The van der Waals surface area contributed by atoms with Crippen molar-refractivity contribution in [3.8, 4) is 11.1 Å². The summed E-state index contributed by atoms with van der Waals surface area (Å²) in [4.78, 5) is 2.34. The minimum atomic E-state index is -0.407. The van der Waals surface area contributed by atoms with Crippen LogP contribution in [0.5, 0.6) is 0 Å². The average molecular weight is 465 g/mol. The maximum absolute atomic E-state index is 7.04. The van der Waals surface area contributed by atoms with Gasteiger partial charge in [-0.25, -0.2) is 4.57 Å². The summed E-state index contributed by atoms with van der Waals surface area (Å²) in [5.41, 5.74) is 13.6. The zero-order chi connectivity index (χ0) is 24.7. The van der Waals surface area contributed by atoms with E-state index in [4.69, 9.17) is 5.73 Å². The zero-order valence-electron chi connectivity index (χ0n) is 21.3. The average Bonchev–Trinajstić information content (AvgIpc) is 2.93. The normalized spacial score (nSPS) is 11.4. The van der Waals surface area contributed by atoms with E-state index in [9.17, 15) is 0 Å². The molecule has 0 fully saturated rings. The van der Waals surface area contributed by atoms with Gasteiger partial charge in [-0.15, -0.1) is 0 Å². The van der Waals surface area contributed by atoms with Gasteiger partial charge in [-0.2, -0.15) is 0 Å². The van der Waals surface area contributed by atoms with Crippen LogP contribution in [0.2, 0.25) is 0 Å². The van der Waals surface area contributed by atoms with E-state index >= 15 is 0 Å². The Kier molecular flexibility index (Phi) is 7.99. The Morgan fingerprint density at radius 2 is 1.29 bits per heavy atom. The van der Waals surface area contributed by atoms with Gasteiger partial charge < -0.3 is 10.6 Å². The molecule has 0 spiro atoms. The van der Waals surface area contributed by atoms with Crippen molar-refractivity contribution in [1.82, 2.24) is 0 Å². The standard InChI is InChI=1S/C32H38N3/c1-4-7-22-34-23-20-26(21-24-34)27-18-19-30(32(33,5-2)6-3)31(25-27)35(28-14-10-8-11-15-28)29-16-12-9-13-17-29/h8-21,23-25H,4-7,22,33H2,1-3H3/q+1. The number of hydrogen-bond acceptors (Lipinski definition) is 2. The molecule has 0 saturated heterocycles. The van der Waals surface area contributed by atoms with Gasteiger partial charge in [0.25, 0.3) is 0 Å². The summed E-state index contributed by atoms with van der Waals surface area (Å²) in [6.45, 7) is 7.65. The molecule has 0 aliphatic carbocycles. The van der Waals surface area contributed by atoms with Gasteiger partial charge in [-0.3, -0.25) is 0 Å². The Labute approximate surface area is 210 Å². The number of nitrogens with zero attached hydrogens (tertiary/aromatic N) is 2. The third-order valence-corrected chi connectivity index (χ3v) is 7.06. The van der Waals surface area contributed by atoms with Crippen molar-refractivity contribution in [1.29, 1.82) is 0 Å². The molecule has 4 rings (SSSR count). The number of pyridine rings is 1. The van der Waals surface area contributed by atoms with Crippen LogP contribution in [-0.4, -0.2) is 0 Å². The van der Waals surface area contributed by atoms with Gasteiger partial charge in [-0.05, 0) is 59.9 Å². The van der Waals surface area contributed by atoms with E-state index in [-0.39, 0.29) is 0 Å². The van der Waals surface area contributed by atoms with Crippen LogP contribution in [0.4, 0.5) is 17.1 Å². The third-order valence-electron chi connectivity index (χ3n) is 7.06. The molecule has 4 aromatic rings. The van der Waals surface area contributed by atoms with Gasteiger partial charge in [0.05, 0.1) is 5.69 Å². The second kappa shape index (κ2) is 11.3. The zero-order valence-corrected chi connectivity index (χ0v) is 21.3. The Balaban J connectivity index is 1.89. The van der Waals surface area contributed by atoms with Gasteiger partial charge in [0.1, 0.15) is 6.54 Å². The van der Waals surface area contributed by atoms with Crippen LogP contribution >= 0.6 is 0 Å². The lowest BCUT2D eigenvalue weighted by atomic mass is 9.83. The second-order valence-electron chi connectivity index (χ2n) is 9.28. The molecule has 1 heterocycles. The molecular weight excluding hydrogens is 426 g/mol. The predicted molar refractivity (Wildman–Crippen MR) is 148 cm³/mol. The van der Waals surface area contributed by atoms with Crippen LogP contribution < -0.4 is 15.2 Å². The lowest BCUT2D eigenvalue weighted by Crippen LogP contribution is -2.36. The summed E-state index contributed by atoms with van der Waals surface area (Å²) >= 11 is 0. The highest BCUT2D eigenvalue weighted by molar-refractivity contribution is 5.82. The summed E-state index contributed by atoms with van der Waals surface area (Å²) in [5, 5.41) is 0.